The highest BCUT2D eigenvalue weighted by atomic mass is 16.3. The summed E-state index contributed by atoms with van der Waals surface area (Å²) in [5.41, 5.74) is 2.36. The van der Waals surface area contributed by atoms with Gasteiger partial charge in [-0.3, -0.25) is 0 Å². The van der Waals surface area contributed by atoms with Crippen LogP contribution >= 0.6 is 0 Å². The van der Waals surface area contributed by atoms with E-state index in [1.165, 1.54) is 24.0 Å². The van der Waals surface area contributed by atoms with Gasteiger partial charge in [0.2, 0.25) is 0 Å². The number of hydrogen-bond acceptors (Lipinski definition) is 1. The number of aryl methyl sites for hydroxylation is 1. The Morgan fingerprint density at radius 3 is 2.24 bits per heavy atom. The maximum absolute atomic E-state index is 10.7. The highest BCUT2D eigenvalue weighted by molar-refractivity contribution is 5.26. The Morgan fingerprint density at radius 1 is 1.00 bits per heavy atom. The number of benzene rings is 1. The van der Waals surface area contributed by atoms with Gasteiger partial charge in [-0.15, -0.1) is 0 Å². The Balaban J connectivity index is 2.67. The van der Waals surface area contributed by atoms with Gasteiger partial charge in [0.1, 0.15) is 0 Å². The van der Waals surface area contributed by atoms with Crippen molar-refractivity contribution in [2.75, 3.05) is 0 Å². The monoisotopic (exact) mass is 290 g/mol. The Labute approximate surface area is 131 Å². The molecule has 1 N–H and O–H groups in total. The molecule has 1 heteroatoms. The lowest BCUT2D eigenvalue weighted by Gasteiger charge is -2.27. The molecule has 1 atom stereocenters. The lowest BCUT2D eigenvalue weighted by atomic mass is 9.86. The van der Waals surface area contributed by atoms with Crippen LogP contribution in [-0.4, -0.2) is 10.7 Å². The van der Waals surface area contributed by atoms with Gasteiger partial charge >= 0.3 is 0 Å². The van der Waals surface area contributed by atoms with Gasteiger partial charge in [0.05, 0.1) is 5.60 Å². The van der Waals surface area contributed by atoms with Crippen LogP contribution in [0.4, 0.5) is 0 Å². The molecule has 0 aliphatic carbocycles. The van der Waals surface area contributed by atoms with E-state index in [1.807, 2.05) is 0 Å². The molecule has 0 aliphatic rings. The Bertz CT molecular complexity index is 391. The molecule has 1 aromatic carbocycles. The third-order valence-corrected chi connectivity index (χ3v) is 4.55. The second-order valence-corrected chi connectivity index (χ2v) is 6.66. The summed E-state index contributed by atoms with van der Waals surface area (Å²) in [6.07, 6.45) is 8.33. The largest absolute Gasteiger partial charge is 0.390 e. The van der Waals surface area contributed by atoms with Crippen molar-refractivity contribution in [3.63, 3.8) is 0 Å². The molecule has 0 aromatic heterocycles. The van der Waals surface area contributed by atoms with Crippen LogP contribution in [-0.2, 0) is 6.42 Å². The van der Waals surface area contributed by atoms with Crippen LogP contribution in [0.2, 0.25) is 0 Å². The second-order valence-electron chi connectivity index (χ2n) is 6.66. The molecule has 0 radical (unpaired) electrons. The van der Waals surface area contributed by atoms with E-state index in [4.69, 9.17) is 0 Å². The molecule has 0 aliphatic heterocycles. The first-order valence-corrected chi connectivity index (χ1v) is 8.85. The molecular formula is C20H34O. The third kappa shape index (κ3) is 6.22. The Kier molecular flexibility index (Phi) is 8.03. The quantitative estimate of drug-likeness (QED) is 0.572. The van der Waals surface area contributed by atoms with Crippen LogP contribution in [0.15, 0.2) is 24.3 Å². The summed E-state index contributed by atoms with van der Waals surface area (Å²) in [4.78, 5) is 0. The first kappa shape index (κ1) is 18.2. The maximum atomic E-state index is 10.7. The van der Waals surface area contributed by atoms with Crippen molar-refractivity contribution in [1.82, 2.24) is 0 Å². The zero-order valence-electron chi connectivity index (χ0n) is 14.5. The van der Waals surface area contributed by atoms with Gasteiger partial charge in [0, 0.05) is 0 Å². The number of hydrogen-bond donors (Lipinski definition) is 1. The first-order valence-electron chi connectivity index (χ1n) is 8.85. The van der Waals surface area contributed by atoms with Gasteiger partial charge in [-0.1, -0.05) is 71.2 Å². The third-order valence-electron chi connectivity index (χ3n) is 4.55. The summed E-state index contributed by atoms with van der Waals surface area (Å²) in [5.74, 6) is 0.639. The smallest absolute Gasteiger partial charge is 0.0650 e. The molecule has 0 saturated heterocycles. The highest BCUT2D eigenvalue weighted by Gasteiger charge is 2.24. The molecule has 120 valence electrons. The normalized spacial score (nSPS) is 13.4. The van der Waals surface area contributed by atoms with Gasteiger partial charge in [-0.2, -0.15) is 0 Å². The van der Waals surface area contributed by atoms with Crippen molar-refractivity contribution >= 4 is 0 Å². The molecule has 0 bridgehead atoms. The Hall–Kier alpha value is -0.820. The molecule has 1 unspecified atom stereocenters. The van der Waals surface area contributed by atoms with Gasteiger partial charge in [0.25, 0.3) is 0 Å². The SMILES string of the molecule is CCCC(C)c1cccc(CCC(O)(CCC)CCC)c1. The summed E-state index contributed by atoms with van der Waals surface area (Å²) < 4.78 is 0. The van der Waals surface area contributed by atoms with Crippen LogP contribution in [0.3, 0.4) is 0 Å². The summed E-state index contributed by atoms with van der Waals surface area (Å²) >= 11 is 0. The molecule has 0 heterocycles. The van der Waals surface area contributed by atoms with E-state index in [1.54, 1.807) is 0 Å². The number of rotatable bonds is 10. The number of aliphatic hydroxyl groups is 1. The first-order chi connectivity index (χ1) is 10.0. The molecule has 0 fully saturated rings. The molecule has 0 saturated carbocycles. The minimum Gasteiger partial charge on any atom is -0.390 e. The average molecular weight is 290 g/mol. The van der Waals surface area contributed by atoms with E-state index in [2.05, 4.69) is 52.0 Å². The summed E-state index contributed by atoms with van der Waals surface area (Å²) in [7, 11) is 0. The zero-order chi connectivity index (χ0) is 15.7. The van der Waals surface area contributed by atoms with Crippen molar-refractivity contribution in [2.45, 2.75) is 90.6 Å². The Morgan fingerprint density at radius 2 is 1.67 bits per heavy atom. The van der Waals surface area contributed by atoms with Gasteiger partial charge in [-0.05, 0) is 49.1 Å². The molecular weight excluding hydrogens is 256 g/mol. The van der Waals surface area contributed by atoms with E-state index in [-0.39, 0.29) is 0 Å². The minimum absolute atomic E-state index is 0.464. The van der Waals surface area contributed by atoms with Crippen LogP contribution in [0.1, 0.15) is 89.7 Å². The van der Waals surface area contributed by atoms with E-state index in [0.29, 0.717) is 5.92 Å². The average Bonchev–Trinajstić information content (AvgIpc) is 2.46. The zero-order valence-corrected chi connectivity index (χ0v) is 14.5. The van der Waals surface area contributed by atoms with Crippen LogP contribution < -0.4 is 0 Å². The summed E-state index contributed by atoms with van der Waals surface area (Å²) in [5, 5.41) is 10.7. The van der Waals surface area contributed by atoms with Gasteiger partial charge in [-0.25, -0.2) is 0 Å². The molecule has 1 nitrogen and oxygen atoms in total. The summed E-state index contributed by atoms with van der Waals surface area (Å²) in [6.45, 7) is 8.88. The molecule has 0 amide bonds. The standard InChI is InChI=1S/C20H34O/c1-5-9-17(4)19-11-8-10-18(16-19)12-15-20(21,13-6-2)14-7-3/h8,10-11,16-17,21H,5-7,9,12-15H2,1-4H3. The lowest BCUT2D eigenvalue weighted by Crippen LogP contribution is -2.28. The van der Waals surface area contributed by atoms with E-state index >= 15 is 0 Å². The van der Waals surface area contributed by atoms with E-state index < -0.39 is 5.60 Å². The fraction of sp³-hybridized carbons (Fsp3) is 0.700. The van der Waals surface area contributed by atoms with E-state index in [0.717, 1.165) is 38.5 Å². The minimum atomic E-state index is -0.464. The van der Waals surface area contributed by atoms with Crippen molar-refractivity contribution in [2.24, 2.45) is 0 Å². The molecule has 0 spiro atoms. The van der Waals surface area contributed by atoms with Gasteiger partial charge in [0.15, 0.2) is 0 Å². The second kappa shape index (κ2) is 9.25. The van der Waals surface area contributed by atoms with Crippen LogP contribution in [0.25, 0.3) is 0 Å². The van der Waals surface area contributed by atoms with Crippen LogP contribution in [0.5, 0.6) is 0 Å². The van der Waals surface area contributed by atoms with Crippen LogP contribution in [0, 0.1) is 0 Å². The molecule has 1 aromatic rings. The lowest BCUT2D eigenvalue weighted by molar-refractivity contribution is 0.0132. The van der Waals surface area contributed by atoms with Crippen molar-refractivity contribution in [3.05, 3.63) is 35.4 Å². The fourth-order valence-electron chi connectivity index (χ4n) is 3.34. The maximum Gasteiger partial charge on any atom is 0.0650 e. The van der Waals surface area contributed by atoms with Crippen molar-refractivity contribution in [1.29, 1.82) is 0 Å². The topological polar surface area (TPSA) is 20.2 Å². The van der Waals surface area contributed by atoms with Crippen molar-refractivity contribution < 1.29 is 5.11 Å². The van der Waals surface area contributed by atoms with Crippen molar-refractivity contribution in [3.8, 4) is 0 Å². The molecule has 21 heavy (non-hydrogen) atoms. The predicted molar refractivity (Wildman–Crippen MR) is 92.9 cm³/mol. The van der Waals surface area contributed by atoms with Gasteiger partial charge < -0.3 is 5.11 Å². The molecule has 1 rings (SSSR count). The fourth-order valence-corrected chi connectivity index (χ4v) is 3.34. The highest BCUT2D eigenvalue weighted by Crippen LogP contribution is 2.27. The van der Waals surface area contributed by atoms with E-state index in [9.17, 15) is 5.11 Å². The predicted octanol–water partition coefficient (Wildman–Crippen LogP) is 5.85. The summed E-state index contributed by atoms with van der Waals surface area (Å²) in [6, 6.07) is 8.97.